The van der Waals surface area contributed by atoms with Gasteiger partial charge in [0.05, 0.1) is 6.10 Å². The molecule has 0 heterocycles. The third kappa shape index (κ3) is 2.97. The van der Waals surface area contributed by atoms with Crippen molar-refractivity contribution < 1.29 is 24.2 Å². The van der Waals surface area contributed by atoms with E-state index in [0.717, 1.165) is 18.4 Å². The first-order valence-corrected chi connectivity index (χ1v) is 10.6. The van der Waals surface area contributed by atoms with E-state index < -0.39 is 17.5 Å². The lowest BCUT2D eigenvalue weighted by molar-refractivity contribution is -0.145. The minimum absolute atomic E-state index is 0.0267. The molecule has 0 aliphatic heterocycles. The second-order valence-electron chi connectivity index (χ2n) is 9.80. The average Bonchev–Trinajstić information content (AvgIpc) is 2.97. The Balaban J connectivity index is 1.66. The van der Waals surface area contributed by atoms with Gasteiger partial charge in [-0.1, -0.05) is 38.5 Å². The monoisotopic (exact) mass is 398 g/mol. The summed E-state index contributed by atoms with van der Waals surface area (Å²) in [7, 11) is 0. The number of ether oxygens (including phenoxy) is 1. The largest absolute Gasteiger partial charge is 0.457 e. The molecular weight excluding hydrogens is 368 g/mol. The van der Waals surface area contributed by atoms with Crippen molar-refractivity contribution in [3.05, 3.63) is 35.5 Å². The van der Waals surface area contributed by atoms with Crippen LogP contribution in [0.1, 0.15) is 47.0 Å². The molecule has 0 spiro atoms. The lowest BCUT2D eigenvalue weighted by atomic mass is 9.45. The zero-order valence-electron chi connectivity index (χ0n) is 17.6. The zero-order valence-corrected chi connectivity index (χ0v) is 17.6. The molecule has 156 valence electrons. The van der Waals surface area contributed by atoms with Crippen molar-refractivity contribution in [3.8, 4) is 0 Å². The van der Waals surface area contributed by atoms with Gasteiger partial charge >= 0.3 is 5.97 Å². The maximum Gasteiger partial charge on any atom is 0.303 e. The van der Waals surface area contributed by atoms with E-state index >= 15 is 0 Å². The normalized spacial score (nSPS) is 42.9. The number of Topliss-reactive ketones (excluding diaryl/α,β-unsaturated/α-hetero) is 1. The highest BCUT2D eigenvalue weighted by Gasteiger charge is 2.61. The van der Waals surface area contributed by atoms with Gasteiger partial charge < -0.3 is 9.84 Å². The molecule has 0 aromatic rings. The zero-order chi connectivity index (χ0) is 21.1. The molecule has 5 nitrogen and oxygen atoms in total. The highest BCUT2D eigenvalue weighted by molar-refractivity contribution is 6.01. The van der Waals surface area contributed by atoms with Crippen molar-refractivity contribution >= 4 is 17.5 Å². The lowest BCUT2D eigenvalue weighted by Gasteiger charge is -2.59. The highest BCUT2D eigenvalue weighted by atomic mass is 16.5. The molecule has 0 unspecified atom stereocenters. The number of carbonyl (C=O) groups is 3. The molecule has 1 N–H and O–H groups in total. The predicted molar refractivity (Wildman–Crippen MR) is 108 cm³/mol. The van der Waals surface area contributed by atoms with Crippen LogP contribution in [-0.4, -0.2) is 35.4 Å². The van der Waals surface area contributed by atoms with Crippen molar-refractivity contribution in [2.45, 2.75) is 53.1 Å². The Morgan fingerprint density at radius 2 is 2.03 bits per heavy atom. The fourth-order valence-electron chi connectivity index (χ4n) is 7.00. The summed E-state index contributed by atoms with van der Waals surface area (Å²) in [5, 5.41) is 11.3. The molecule has 7 atom stereocenters. The predicted octanol–water partition coefficient (Wildman–Crippen LogP) is 3.18. The van der Waals surface area contributed by atoms with Crippen LogP contribution in [0.5, 0.6) is 0 Å². The molecule has 0 aromatic carbocycles. The van der Waals surface area contributed by atoms with Crippen LogP contribution in [-0.2, 0) is 19.1 Å². The Morgan fingerprint density at radius 1 is 1.31 bits per heavy atom. The summed E-state index contributed by atoms with van der Waals surface area (Å²) in [6, 6.07) is 0. The smallest absolute Gasteiger partial charge is 0.303 e. The quantitative estimate of drug-likeness (QED) is 0.739. The van der Waals surface area contributed by atoms with Crippen molar-refractivity contribution in [1.82, 2.24) is 0 Å². The summed E-state index contributed by atoms with van der Waals surface area (Å²) in [5.41, 5.74) is 1.09. The number of rotatable bonds is 3. The van der Waals surface area contributed by atoms with Crippen LogP contribution < -0.4 is 0 Å². The van der Waals surface area contributed by atoms with Gasteiger partial charge in [-0.3, -0.25) is 14.4 Å². The second kappa shape index (κ2) is 6.76. The topological polar surface area (TPSA) is 80.7 Å². The molecule has 0 aromatic heterocycles. The van der Waals surface area contributed by atoms with Gasteiger partial charge in [0.15, 0.2) is 18.2 Å². The molecule has 0 amide bonds. The van der Waals surface area contributed by atoms with Crippen LogP contribution in [0.25, 0.3) is 0 Å². The standard InChI is InChI=1S/C24H30O5/c1-13-9-16-17-5-6-18(21(28)12-29-14(2)25)24(17,4)11-20(27)22(16)23(3)8-7-15(26)10-19(13)23/h6-8,10,13,16-17,20,22,27H,5,9,11-12H2,1-4H3/t13-,16-,17+,20-,22+,23-,24-/m0/s1. The van der Waals surface area contributed by atoms with Crippen LogP contribution in [0.15, 0.2) is 35.5 Å². The molecule has 4 aliphatic carbocycles. The molecule has 0 saturated heterocycles. The van der Waals surface area contributed by atoms with Crippen molar-refractivity contribution in [1.29, 1.82) is 0 Å². The highest BCUT2D eigenvalue weighted by Crippen LogP contribution is 2.65. The van der Waals surface area contributed by atoms with Gasteiger partial charge in [0.2, 0.25) is 0 Å². The number of aliphatic hydroxyl groups is 1. The molecule has 2 fully saturated rings. The van der Waals surface area contributed by atoms with E-state index in [0.29, 0.717) is 12.0 Å². The molecular formula is C24H30O5. The summed E-state index contributed by atoms with van der Waals surface area (Å²) in [6.07, 6.45) is 9.06. The van der Waals surface area contributed by atoms with Crippen molar-refractivity contribution in [2.24, 2.45) is 34.5 Å². The van der Waals surface area contributed by atoms with Crippen LogP contribution in [0.2, 0.25) is 0 Å². The average molecular weight is 398 g/mol. The van der Waals surface area contributed by atoms with E-state index in [2.05, 4.69) is 20.8 Å². The summed E-state index contributed by atoms with van der Waals surface area (Å²) in [4.78, 5) is 35.9. The fraction of sp³-hybridized carbons (Fsp3) is 0.625. The van der Waals surface area contributed by atoms with Crippen LogP contribution in [0.3, 0.4) is 0 Å². The van der Waals surface area contributed by atoms with E-state index in [-0.39, 0.29) is 47.3 Å². The number of allylic oxidation sites excluding steroid dienone is 5. The Morgan fingerprint density at radius 3 is 2.72 bits per heavy atom. The van der Waals surface area contributed by atoms with E-state index in [9.17, 15) is 19.5 Å². The van der Waals surface area contributed by atoms with Gasteiger partial charge in [-0.2, -0.15) is 0 Å². The van der Waals surface area contributed by atoms with Crippen LogP contribution in [0, 0.1) is 34.5 Å². The number of aliphatic hydroxyl groups excluding tert-OH is 1. The maximum atomic E-state index is 12.8. The Bertz CT molecular complexity index is 864. The molecule has 4 rings (SSSR count). The Hall–Kier alpha value is -2.01. The third-order valence-corrected chi connectivity index (χ3v) is 8.10. The Kier molecular flexibility index (Phi) is 4.73. The summed E-state index contributed by atoms with van der Waals surface area (Å²) in [6.45, 7) is 7.46. The molecule has 5 heteroatoms. The first kappa shape index (κ1) is 20.3. The van der Waals surface area contributed by atoms with Gasteiger partial charge in [0.1, 0.15) is 0 Å². The lowest BCUT2D eigenvalue weighted by Crippen LogP contribution is -2.57. The van der Waals surface area contributed by atoms with Gasteiger partial charge in [-0.15, -0.1) is 0 Å². The molecule has 0 bridgehead atoms. The first-order valence-electron chi connectivity index (χ1n) is 10.6. The summed E-state index contributed by atoms with van der Waals surface area (Å²) >= 11 is 0. The van der Waals surface area contributed by atoms with Crippen molar-refractivity contribution in [2.75, 3.05) is 6.61 Å². The minimum Gasteiger partial charge on any atom is -0.457 e. The van der Waals surface area contributed by atoms with E-state index in [1.165, 1.54) is 6.92 Å². The molecule has 2 saturated carbocycles. The van der Waals surface area contributed by atoms with E-state index in [1.807, 2.05) is 12.2 Å². The number of hydrogen-bond donors (Lipinski definition) is 1. The molecule has 4 aliphatic rings. The van der Waals surface area contributed by atoms with E-state index in [4.69, 9.17) is 4.74 Å². The van der Waals surface area contributed by atoms with Crippen LogP contribution >= 0.6 is 0 Å². The van der Waals surface area contributed by atoms with Gasteiger partial charge in [0.25, 0.3) is 0 Å². The van der Waals surface area contributed by atoms with Crippen molar-refractivity contribution in [3.63, 3.8) is 0 Å². The molecule has 29 heavy (non-hydrogen) atoms. The summed E-state index contributed by atoms with van der Waals surface area (Å²) < 4.78 is 4.95. The third-order valence-electron chi connectivity index (χ3n) is 8.10. The minimum atomic E-state index is -0.567. The summed E-state index contributed by atoms with van der Waals surface area (Å²) in [5.74, 6) is 0.213. The SMILES string of the molecule is CC(=O)OCC(=O)C1=CC[C@@H]2[C@@H]3C[C@H](C)C4=CC(=O)C=C[C@]4(C)[C@H]3[C@@H](O)C[C@]12C. The van der Waals surface area contributed by atoms with Gasteiger partial charge in [-0.25, -0.2) is 0 Å². The number of fused-ring (bicyclic) bond motifs is 5. The number of hydrogen-bond acceptors (Lipinski definition) is 5. The maximum absolute atomic E-state index is 12.8. The van der Waals surface area contributed by atoms with Crippen LogP contribution in [0.4, 0.5) is 0 Å². The van der Waals surface area contributed by atoms with E-state index in [1.54, 1.807) is 12.2 Å². The molecule has 0 radical (unpaired) electrons. The van der Waals surface area contributed by atoms with Gasteiger partial charge in [-0.05, 0) is 49.2 Å². The number of carbonyl (C=O) groups excluding carboxylic acids is 3. The number of esters is 1. The van der Waals surface area contributed by atoms with Gasteiger partial charge in [0, 0.05) is 29.2 Å². The Labute approximate surface area is 171 Å². The number of ketones is 2. The first-order chi connectivity index (χ1) is 13.6. The fourth-order valence-corrected chi connectivity index (χ4v) is 7.00. The second-order valence-corrected chi connectivity index (χ2v) is 9.80.